The fraction of sp³-hybridized carbons (Fsp3) is 0.653. The number of Topliss-reactive ketones (excluding diaryl/α,β-unsaturated/α-hetero) is 1. The van der Waals surface area contributed by atoms with Crippen LogP contribution in [0.4, 0.5) is 27.2 Å². The molecular formula is C72H100ClF4N9NaO15-. The van der Waals surface area contributed by atoms with Gasteiger partial charge < -0.3 is 66.7 Å². The summed E-state index contributed by atoms with van der Waals surface area (Å²) in [7, 11) is 0. The van der Waals surface area contributed by atoms with Crippen molar-refractivity contribution in [2.24, 2.45) is 17.3 Å². The fourth-order valence-electron chi connectivity index (χ4n) is 13.0. The number of amides is 5. The number of hydrogen-bond acceptors (Lipinski definition) is 17. The van der Waals surface area contributed by atoms with E-state index in [1.807, 2.05) is 56.3 Å². The van der Waals surface area contributed by atoms with E-state index < -0.39 is 162 Å². The van der Waals surface area contributed by atoms with Gasteiger partial charge in [0.15, 0.2) is 10.9 Å². The van der Waals surface area contributed by atoms with Gasteiger partial charge in [-0.3, -0.25) is 24.0 Å². The van der Waals surface area contributed by atoms with Gasteiger partial charge in [0.05, 0.1) is 51.9 Å². The molecule has 2 aromatic carbocycles. The monoisotopic (exact) mass is 1460 g/mol. The first-order chi connectivity index (χ1) is 46.8. The summed E-state index contributed by atoms with van der Waals surface area (Å²) in [5.41, 5.74) is -0.607. The molecular weight excluding hydrogens is 1370 g/mol. The van der Waals surface area contributed by atoms with E-state index in [9.17, 15) is 71.2 Å². The van der Waals surface area contributed by atoms with Crippen molar-refractivity contribution >= 4 is 81.3 Å². The van der Waals surface area contributed by atoms with Gasteiger partial charge in [0.1, 0.15) is 46.7 Å². The molecule has 7 N–H and O–H groups in total. The second-order valence-electron chi connectivity index (χ2n) is 29.4. The third kappa shape index (κ3) is 23.7. The molecule has 2 saturated carbocycles. The van der Waals surface area contributed by atoms with E-state index in [1.54, 1.807) is 47.6 Å². The number of carboxylic acid groups (broad SMARTS) is 2. The fourth-order valence-corrected chi connectivity index (χ4v) is 13.3. The number of hydrogen-bond donors (Lipinski definition) is 6. The Hall–Kier alpha value is -6.59. The van der Waals surface area contributed by atoms with E-state index in [2.05, 4.69) is 56.7 Å². The second kappa shape index (κ2) is 36.4. The van der Waals surface area contributed by atoms with Crippen LogP contribution in [-0.4, -0.2) is 176 Å². The number of rotatable bonds is 9. The molecule has 24 nitrogen and oxygen atoms in total. The van der Waals surface area contributed by atoms with Crippen LogP contribution in [0.25, 0.3) is 22.1 Å². The van der Waals surface area contributed by atoms with Crippen molar-refractivity contribution in [1.82, 2.24) is 45.7 Å². The standard InChI is InChI=1S/C33H43F2N5O7.C24H36F2N2O7.C10H9ClN2.C5H11.Na.H2O/c1-5-21-27(37-23-12-9-8-11-22(23)36-21)46-20-15-25-26(41)39-33(29(43)44)17-19(33)16-32(34,35)14-10-6-7-13-24(28(42)40(25)18-20)38-30(45)47-31(2,3)4;1-22(2,3)35-21(34)27-16-7-5-4-6-8-24(25,26)11-14-10-23(14,20(32)33)12-18(30)17-9-15(29)13-28(17)19(16)31;1-2-7-10(11)13-9-6-4-3-5-8(9)12-7;1-4-5(2)3;;/h8-9,11-12,19-20,24-25H,5-7,10,13-18H2,1-4H3,(H,38,45)(H,39,41)(H,43,44);14-17,29H,4-13H2,1-3H3,(H,27,34)(H,32,33);3-6H,2H2,1H3;4H2,1-3H3;;1H2/q;;;-1;+1;/p-1/t19-,20-,24+,25+,33-;14-,15+,16-,17-,23+;;;;/m10..../s1. The Morgan fingerprint density at radius 3 is 1.57 bits per heavy atom. The average Bonchev–Trinajstić information content (AvgIpc) is 1.58. The Bertz CT molecular complexity index is 3590. The molecule has 30 heteroatoms. The number of ketones is 1. The Morgan fingerprint density at radius 2 is 1.11 bits per heavy atom. The van der Waals surface area contributed by atoms with Gasteiger partial charge in [-0.2, -0.15) is 20.3 Å². The van der Waals surface area contributed by atoms with Gasteiger partial charge in [-0.25, -0.2) is 51.9 Å². The van der Waals surface area contributed by atoms with Crippen LogP contribution < -0.4 is 50.2 Å². The first-order valence-electron chi connectivity index (χ1n) is 34.8. The van der Waals surface area contributed by atoms with E-state index in [0.29, 0.717) is 54.0 Å². The number of halogens is 5. The number of nitrogens with zero attached hydrogens (tertiary/aromatic N) is 6. The van der Waals surface area contributed by atoms with Crippen LogP contribution in [0.3, 0.4) is 0 Å². The van der Waals surface area contributed by atoms with Crippen molar-refractivity contribution in [1.29, 1.82) is 0 Å². The molecule has 0 radical (unpaired) electrons. The summed E-state index contributed by atoms with van der Waals surface area (Å²) in [5, 5.41) is 38.2. The van der Waals surface area contributed by atoms with Crippen molar-refractivity contribution in [2.75, 3.05) is 13.1 Å². The number of ether oxygens (including phenoxy) is 3. The number of alkyl halides is 4. The quantitative estimate of drug-likeness (QED) is 0.0517. The maximum Gasteiger partial charge on any atom is 1.00 e. The number of aliphatic carboxylic acids is 2. The van der Waals surface area contributed by atoms with Gasteiger partial charge in [-0.15, -0.1) is 0 Å². The van der Waals surface area contributed by atoms with Crippen LogP contribution in [0.5, 0.6) is 5.88 Å². The summed E-state index contributed by atoms with van der Waals surface area (Å²) in [5.74, 6) is -11.4. The largest absolute Gasteiger partial charge is 1.00 e. The number of para-hydroxylation sites is 4. The third-order valence-electron chi connectivity index (χ3n) is 18.8. The molecule has 4 aromatic rings. The SMILES string of the molecule is CC(C)(C)OC(=O)N[C@H]1CCCCCC(F)(F)C[C@@H]2C[C@@]2(C(=O)O)CC(=O)[C@@H]2C[C@@H](O)CN2C1=O.CC[C-](C)C.CCc1nc2ccccc2nc1Cl.CCc1nc2ccccc2nc1O[C@@H]1C[C@H]2C(=O)N[C@]3(C(=O)O)C[C@H]3CC(F)(F)CCCCC[C@H](NC(=O)OC(C)(C)C)C(=O)N2C1.[Na+].[OH-]. The molecule has 2 aromatic heterocycles. The zero-order valence-electron chi connectivity index (χ0n) is 60.6. The number of aryl methyl sites for hydroxylation is 2. The van der Waals surface area contributed by atoms with Gasteiger partial charge in [0.25, 0.3) is 0 Å². The molecule has 6 fully saturated rings. The molecule has 6 heterocycles. The van der Waals surface area contributed by atoms with Crippen LogP contribution >= 0.6 is 11.6 Å². The summed E-state index contributed by atoms with van der Waals surface area (Å²) in [6.07, 6.45) is -1.63. The number of carbonyl (C=O) groups excluding carboxylic acids is 6. The molecule has 102 heavy (non-hydrogen) atoms. The smallest absolute Gasteiger partial charge is 0.870 e. The number of carboxylic acids is 2. The third-order valence-corrected chi connectivity index (χ3v) is 19.1. The number of fused-ring (bicyclic) bond motifs is 6. The van der Waals surface area contributed by atoms with Crippen LogP contribution in [-0.2, 0) is 51.1 Å². The second-order valence-corrected chi connectivity index (χ2v) is 29.8. The Labute approximate surface area is 620 Å². The number of carbonyl (C=O) groups is 8. The molecule has 4 saturated heterocycles. The zero-order valence-corrected chi connectivity index (χ0v) is 63.4. The molecule has 10 atom stereocenters. The summed E-state index contributed by atoms with van der Waals surface area (Å²) in [6, 6.07) is 10.5. The number of aliphatic hydroxyl groups is 1. The molecule has 4 aliphatic heterocycles. The number of alkyl carbamates (subject to hydrolysis) is 2. The first-order valence-corrected chi connectivity index (χ1v) is 35.2. The summed E-state index contributed by atoms with van der Waals surface area (Å²) >= 11 is 5.93. The number of aliphatic hydroxyl groups excluding tert-OH is 1. The van der Waals surface area contributed by atoms with Crippen LogP contribution in [0.2, 0.25) is 5.15 Å². The summed E-state index contributed by atoms with van der Waals surface area (Å²) < 4.78 is 75.8. The van der Waals surface area contributed by atoms with Gasteiger partial charge >= 0.3 is 53.7 Å². The van der Waals surface area contributed by atoms with E-state index in [0.717, 1.165) is 23.1 Å². The Kier molecular flexibility index (Phi) is 30.7. The van der Waals surface area contributed by atoms with E-state index in [-0.39, 0.29) is 105 Å². The van der Waals surface area contributed by atoms with Gasteiger partial charge in [-0.1, -0.05) is 82.3 Å². The molecule has 5 amide bonds. The summed E-state index contributed by atoms with van der Waals surface area (Å²) in [6.45, 7) is 20.2. The molecule has 2 aliphatic carbocycles. The number of nitrogens with one attached hydrogen (secondary N) is 3. The Morgan fingerprint density at radius 1 is 0.647 bits per heavy atom. The molecule has 0 bridgehead atoms. The van der Waals surface area contributed by atoms with Crippen molar-refractivity contribution < 1.29 is 120 Å². The molecule has 0 spiro atoms. The topological polar surface area (TPSA) is 349 Å². The van der Waals surface area contributed by atoms with Crippen LogP contribution in [0, 0.1) is 23.2 Å². The normalized spacial score (nSPS) is 26.6. The number of aromatic nitrogens is 4. The van der Waals surface area contributed by atoms with E-state index >= 15 is 0 Å². The van der Waals surface area contributed by atoms with Crippen molar-refractivity contribution in [2.45, 2.75) is 270 Å². The van der Waals surface area contributed by atoms with Gasteiger partial charge in [0, 0.05) is 57.4 Å². The first kappa shape index (κ1) is 86.1. The van der Waals surface area contributed by atoms with Crippen LogP contribution in [0.15, 0.2) is 48.5 Å². The molecule has 6 aliphatic rings. The van der Waals surface area contributed by atoms with Crippen molar-refractivity contribution in [3.8, 4) is 5.88 Å². The van der Waals surface area contributed by atoms with Gasteiger partial charge in [0.2, 0.25) is 35.4 Å². The Balaban J connectivity index is 0.000000296. The maximum atomic E-state index is 14.9. The zero-order chi connectivity index (χ0) is 73.9. The molecule has 0 unspecified atom stereocenters. The van der Waals surface area contributed by atoms with Crippen molar-refractivity contribution in [3.63, 3.8) is 0 Å². The average molecular weight is 1470 g/mol. The predicted octanol–water partition coefficient (Wildman–Crippen LogP) is 8.95. The van der Waals surface area contributed by atoms with Gasteiger partial charge in [-0.05, 0) is 123 Å². The summed E-state index contributed by atoms with van der Waals surface area (Å²) in [4.78, 5) is 125. The van der Waals surface area contributed by atoms with Crippen LogP contribution in [0.1, 0.15) is 203 Å². The van der Waals surface area contributed by atoms with E-state index in [4.69, 9.17) is 25.8 Å². The molecule has 10 rings (SSSR count). The minimum atomic E-state index is -3.12. The molecule has 560 valence electrons. The minimum absolute atomic E-state index is 0. The van der Waals surface area contributed by atoms with Crippen molar-refractivity contribution in [3.05, 3.63) is 71.0 Å². The number of benzene rings is 2. The maximum absolute atomic E-state index is 14.9. The van der Waals surface area contributed by atoms with E-state index in [1.165, 1.54) is 22.1 Å². The minimum Gasteiger partial charge on any atom is -0.870 e. The predicted molar refractivity (Wildman–Crippen MR) is 366 cm³/mol.